The van der Waals surface area contributed by atoms with E-state index in [1.165, 1.54) is 5.69 Å². The molecule has 2 rings (SSSR count). The van der Waals surface area contributed by atoms with Crippen LogP contribution in [0.3, 0.4) is 0 Å². The number of anilines is 2. The average Bonchev–Trinajstić information content (AvgIpc) is 2.80. The summed E-state index contributed by atoms with van der Waals surface area (Å²) < 4.78 is 0. The van der Waals surface area contributed by atoms with E-state index in [1.54, 1.807) is 11.3 Å². The zero-order valence-corrected chi connectivity index (χ0v) is 10.1. The Balaban J connectivity index is 2.29. The summed E-state index contributed by atoms with van der Waals surface area (Å²) in [5, 5.41) is 3.02. The molecule has 0 aliphatic heterocycles. The highest BCUT2D eigenvalue weighted by atomic mass is 32.1. The Morgan fingerprint density at radius 1 is 1.31 bits per heavy atom. The molecule has 0 radical (unpaired) electrons. The van der Waals surface area contributed by atoms with E-state index in [-0.39, 0.29) is 0 Å². The van der Waals surface area contributed by atoms with Crippen molar-refractivity contribution in [3.8, 4) is 0 Å². The number of nitrogens with two attached hydrogens (primary N) is 1. The molecule has 0 bridgehead atoms. The first-order valence-corrected chi connectivity index (χ1v) is 6.20. The van der Waals surface area contributed by atoms with E-state index in [0.29, 0.717) is 6.54 Å². The highest BCUT2D eigenvalue weighted by Crippen LogP contribution is 2.27. The van der Waals surface area contributed by atoms with Gasteiger partial charge in [0.15, 0.2) is 5.13 Å². The van der Waals surface area contributed by atoms with Crippen molar-refractivity contribution in [2.75, 3.05) is 11.4 Å². The second-order valence-electron chi connectivity index (χ2n) is 3.41. The van der Waals surface area contributed by atoms with Crippen LogP contribution < -0.4 is 10.6 Å². The summed E-state index contributed by atoms with van der Waals surface area (Å²) in [6, 6.07) is 10.3. The van der Waals surface area contributed by atoms with Crippen LogP contribution >= 0.6 is 11.3 Å². The Bertz CT molecular complexity index is 439. The van der Waals surface area contributed by atoms with Crippen LogP contribution in [0, 0.1) is 0 Å². The van der Waals surface area contributed by atoms with Crippen molar-refractivity contribution in [2.24, 2.45) is 5.73 Å². The molecule has 2 N–H and O–H groups in total. The molecule has 0 amide bonds. The van der Waals surface area contributed by atoms with Gasteiger partial charge in [0, 0.05) is 24.2 Å². The van der Waals surface area contributed by atoms with E-state index in [1.807, 2.05) is 23.6 Å². The van der Waals surface area contributed by atoms with Crippen LogP contribution in [0.5, 0.6) is 0 Å². The van der Waals surface area contributed by atoms with Gasteiger partial charge in [-0.15, -0.1) is 11.3 Å². The third kappa shape index (κ3) is 2.23. The lowest BCUT2D eigenvalue weighted by Gasteiger charge is -2.19. The van der Waals surface area contributed by atoms with Crippen molar-refractivity contribution >= 4 is 22.2 Å². The number of hydrogen-bond acceptors (Lipinski definition) is 4. The number of rotatable bonds is 4. The first kappa shape index (κ1) is 11.1. The molecule has 1 aromatic carbocycles. The molecule has 1 aromatic heterocycles. The standard InChI is InChI=1S/C12H15N3S/c1-2-15(11-6-4-3-5-7-11)12-14-10(8-13)9-16-12/h3-7,9H,2,8,13H2,1H3. The van der Waals surface area contributed by atoms with Gasteiger partial charge in [-0.05, 0) is 19.1 Å². The van der Waals surface area contributed by atoms with Crippen LogP contribution in [0.25, 0.3) is 0 Å². The van der Waals surface area contributed by atoms with E-state index >= 15 is 0 Å². The quantitative estimate of drug-likeness (QED) is 0.883. The molecule has 0 unspecified atom stereocenters. The molecule has 0 aliphatic carbocycles. The molecule has 16 heavy (non-hydrogen) atoms. The Labute approximate surface area is 99.5 Å². The molecule has 0 spiro atoms. The van der Waals surface area contributed by atoms with Crippen LogP contribution in [0.15, 0.2) is 35.7 Å². The summed E-state index contributed by atoms with van der Waals surface area (Å²) in [6.45, 7) is 3.53. The van der Waals surface area contributed by atoms with Gasteiger partial charge in [0.2, 0.25) is 0 Å². The minimum Gasteiger partial charge on any atom is -0.325 e. The van der Waals surface area contributed by atoms with Crippen LogP contribution in [0.4, 0.5) is 10.8 Å². The Morgan fingerprint density at radius 3 is 2.62 bits per heavy atom. The Kier molecular flexibility index (Phi) is 3.54. The predicted molar refractivity (Wildman–Crippen MR) is 69.1 cm³/mol. The third-order valence-corrected chi connectivity index (χ3v) is 3.28. The van der Waals surface area contributed by atoms with Crippen molar-refractivity contribution in [3.63, 3.8) is 0 Å². The van der Waals surface area contributed by atoms with Crippen molar-refractivity contribution in [1.29, 1.82) is 0 Å². The van der Waals surface area contributed by atoms with Crippen molar-refractivity contribution in [3.05, 3.63) is 41.4 Å². The molecule has 84 valence electrons. The summed E-state index contributed by atoms with van der Waals surface area (Å²) in [5.74, 6) is 0. The molecular formula is C12H15N3S. The van der Waals surface area contributed by atoms with Crippen LogP contribution in [0.1, 0.15) is 12.6 Å². The zero-order chi connectivity index (χ0) is 11.4. The molecule has 0 saturated carbocycles. The number of aromatic nitrogens is 1. The number of thiazole rings is 1. The largest absolute Gasteiger partial charge is 0.325 e. The lowest BCUT2D eigenvalue weighted by atomic mass is 10.3. The lowest BCUT2D eigenvalue weighted by Crippen LogP contribution is -2.15. The van der Waals surface area contributed by atoms with Crippen LogP contribution in [-0.2, 0) is 6.54 Å². The highest BCUT2D eigenvalue weighted by Gasteiger charge is 2.10. The van der Waals surface area contributed by atoms with E-state index in [4.69, 9.17) is 5.73 Å². The molecule has 0 atom stereocenters. The second kappa shape index (κ2) is 5.09. The van der Waals surface area contributed by atoms with E-state index in [0.717, 1.165) is 17.4 Å². The van der Waals surface area contributed by atoms with Gasteiger partial charge in [0.1, 0.15) is 0 Å². The fraction of sp³-hybridized carbons (Fsp3) is 0.250. The number of benzene rings is 1. The molecule has 0 fully saturated rings. The van der Waals surface area contributed by atoms with Crippen molar-refractivity contribution in [2.45, 2.75) is 13.5 Å². The predicted octanol–water partition coefficient (Wildman–Crippen LogP) is 2.76. The molecule has 1 heterocycles. The van der Waals surface area contributed by atoms with E-state index in [2.05, 4.69) is 28.9 Å². The topological polar surface area (TPSA) is 42.2 Å². The van der Waals surface area contributed by atoms with Crippen LogP contribution in [-0.4, -0.2) is 11.5 Å². The molecule has 0 saturated heterocycles. The lowest BCUT2D eigenvalue weighted by molar-refractivity contribution is 0.967. The molecule has 2 aromatic rings. The van der Waals surface area contributed by atoms with Crippen LogP contribution in [0.2, 0.25) is 0 Å². The van der Waals surface area contributed by atoms with Gasteiger partial charge >= 0.3 is 0 Å². The first-order chi connectivity index (χ1) is 7.85. The SMILES string of the molecule is CCN(c1ccccc1)c1nc(CN)cs1. The molecule has 3 nitrogen and oxygen atoms in total. The maximum absolute atomic E-state index is 5.57. The highest BCUT2D eigenvalue weighted by molar-refractivity contribution is 7.13. The number of para-hydroxylation sites is 1. The molecular weight excluding hydrogens is 218 g/mol. The third-order valence-electron chi connectivity index (χ3n) is 2.36. The van der Waals surface area contributed by atoms with E-state index in [9.17, 15) is 0 Å². The van der Waals surface area contributed by atoms with Gasteiger partial charge < -0.3 is 10.6 Å². The minimum atomic E-state index is 0.503. The van der Waals surface area contributed by atoms with Crippen molar-refractivity contribution < 1.29 is 0 Å². The van der Waals surface area contributed by atoms with Crippen molar-refractivity contribution in [1.82, 2.24) is 4.98 Å². The fourth-order valence-electron chi connectivity index (χ4n) is 1.55. The summed E-state index contributed by atoms with van der Waals surface area (Å²) >= 11 is 1.64. The fourth-order valence-corrected chi connectivity index (χ4v) is 2.47. The van der Waals surface area contributed by atoms with Gasteiger partial charge in [-0.2, -0.15) is 0 Å². The monoisotopic (exact) mass is 233 g/mol. The summed E-state index contributed by atoms with van der Waals surface area (Å²) in [5.41, 5.74) is 7.69. The van der Waals surface area contributed by atoms with E-state index < -0.39 is 0 Å². The molecule has 4 heteroatoms. The Morgan fingerprint density at radius 2 is 2.06 bits per heavy atom. The first-order valence-electron chi connectivity index (χ1n) is 5.32. The van der Waals surface area contributed by atoms with Gasteiger partial charge in [-0.1, -0.05) is 18.2 Å². The smallest absolute Gasteiger partial charge is 0.190 e. The maximum atomic E-state index is 5.57. The maximum Gasteiger partial charge on any atom is 0.190 e. The molecule has 0 aliphatic rings. The van der Waals surface area contributed by atoms with Gasteiger partial charge in [-0.3, -0.25) is 0 Å². The summed E-state index contributed by atoms with van der Waals surface area (Å²) in [6.07, 6.45) is 0. The van der Waals surface area contributed by atoms with Gasteiger partial charge in [0.05, 0.1) is 5.69 Å². The number of hydrogen-bond donors (Lipinski definition) is 1. The zero-order valence-electron chi connectivity index (χ0n) is 9.26. The summed E-state index contributed by atoms with van der Waals surface area (Å²) in [4.78, 5) is 6.68. The van der Waals surface area contributed by atoms with Gasteiger partial charge in [-0.25, -0.2) is 4.98 Å². The summed E-state index contributed by atoms with van der Waals surface area (Å²) in [7, 11) is 0. The number of nitrogens with zero attached hydrogens (tertiary/aromatic N) is 2. The average molecular weight is 233 g/mol. The second-order valence-corrected chi connectivity index (χ2v) is 4.24. The van der Waals surface area contributed by atoms with Gasteiger partial charge in [0.25, 0.3) is 0 Å². The minimum absolute atomic E-state index is 0.503. The Hall–Kier alpha value is -1.39. The normalized spacial score (nSPS) is 10.4.